The van der Waals surface area contributed by atoms with Gasteiger partial charge in [-0.15, -0.1) is 0 Å². The highest BCUT2D eigenvalue weighted by Gasteiger charge is 2.21. The molecule has 29 heavy (non-hydrogen) atoms. The van der Waals surface area contributed by atoms with Crippen LogP contribution in [-0.2, 0) is 4.74 Å². The molecule has 1 N–H and O–H groups in total. The zero-order valence-corrected chi connectivity index (χ0v) is 17.7. The first-order chi connectivity index (χ1) is 14.3. The summed E-state index contributed by atoms with van der Waals surface area (Å²) in [5.41, 5.74) is 2.27. The molecule has 1 aromatic heterocycles. The molecule has 0 aliphatic carbocycles. The van der Waals surface area contributed by atoms with Gasteiger partial charge in [0.05, 0.1) is 19.2 Å². The lowest BCUT2D eigenvalue weighted by molar-refractivity contribution is 0.0856. The summed E-state index contributed by atoms with van der Waals surface area (Å²) < 4.78 is 17.4. The van der Waals surface area contributed by atoms with Crippen LogP contribution in [0.5, 0.6) is 11.5 Å². The first-order valence-electron chi connectivity index (χ1n) is 10.9. The number of benzene rings is 1. The second-order valence-electron chi connectivity index (χ2n) is 8.00. The zero-order valence-electron chi connectivity index (χ0n) is 17.7. The van der Waals surface area contributed by atoms with Gasteiger partial charge in [-0.25, -0.2) is 4.98 Å². The normalized spacial score (nSPS) is 18.3. The smallest absolute Gasteiger partial charge is 0.163 e. The van der Waals surface area contributed by atoms with Gasteiger partial charge in [0.25, 0.3) is 0 Å². The number of nitrogens with one attached hydrogen (secondary N) is 1. The van der Waals surface area contributed by atoms with E-state index in [-0.39, 0.29) is 0 Å². The number of nitrogens with zero attached hydrogens (tertiary/aromatic N) is 2. The topological polar surface area (TPSA) is 55.9 Å². The van der Waals surface area contributed by atoms with E-state index >= 15 is 0 Å². The number of aromatic nitrogens is 1. The molecular formula is C23H33N3O3. The predicted molar refractivity (Wildman–Crippen MR) is 116 cm³/mol. The third-order valence-corrected chi connectivity index (χ3v) is 6.12. The minimum absolute atomic E-state index is 0.485. The van der Waals surface area contributed by atoms with Crippen molar-refractivity contribution in [2.45, 2.75) is 38.0 Å². The van der Waals surface area contributed by atoms with Crippen LogP contribution in [0.2, 0.25) is 0 Å². The van der Waals surface area contributed by atoms with Gasteiger partial charge in [0.1, 0.15) is 5.82 Å². The number of methoxy groups -OCH3 is 1. The molecule has 4 rings (SSSR count). The zero-order chi connectivity index (χ0) is 20.1. The van der Waals surface area contributed by atoms with Crippen molar-refractivity contribution in [3.8, 4) is 11.5 Å². The minimum Gasteiger partial charge on any atom is -0.493 e. The van der Waals surface area contributed by atoms with Gasteiger partial charge in [0.2, 0.25) is 0 Å². The van der Waals surface area contributed by atoms with Crippen LogP contribution >= 0.6 is 0 Å². The standard InChI is InChI=1S/C23H33N3O3/c1-24-23-15-18(17-6-12-28-13-7-17)19-14-21(27-2)22(16-20(19)25-23)29-11-5-10-26-8-3-4-9-26/h14-17H,3-13H2,1-2H3,(H,24,25). The SMILES string of the molecule is CNc1cc(C2CCOCC2)c2cc(OC)c(OCCCN3CCCC3)cc2n1. The lowest BCUT2D eigenvalue weighted by Crippen LogP contribution is -2.21. The van der Waals surface area contributed by atoms with Crippen LogP contribution in [-0.4, -0.2) is 63.5 Å². The van der Waals surface area contributed by atoms with Crippen LogP contribution in [0.4, 0.5) is 5.82 Å². The van der Waals surface area contributed by atoms with Crippen molar-refractivity contribution >= 4 is 16.7 Å². The van der Waals surface area contributed by atoms with Crippen molar-refractivity contribution in [2.75, 3.05) is 58.9 Å². The number of hydrogen-bond donors (Lipinski definition) is 1. The van der Waals surface area contributed by atoms with Gasteiger partial charge < -0.3 is 24.4 Å². The van der Waals surface area contributed by atoms with E-state index in [4.69, 9.17) is 19.2 Å². The monoisotopic (exact) mass is 399 g/mol. The first kappa shape index (κ1) is 20.2. The predicted octanol–water partition coefficient (Wildman–Crippen LogP) is 4.04. The summed E-state index contributed by atoms with van der Waals surface area (Å²) in [5.74, 6) is 2.94. The Morgan fingerprint density at radius 3 is 2.66 bits per heavy atom. The quantitative estimate of drug-likeness (QED) is 0.676. The van der Waals surface area contributed by atoms with E-state index in [0.717, 1.165) is 67.2 Å². The highest BCUT2D eigenvalue weighted by Crippen LogP contribution is 2.39. The average Bonchev–Trinajstić information content (AvgIpc) is 3.29. The molecule has 2 aromatic rings. The Kier molecular flexibility index (Phi) is 6.72. The second-order valence-corrected chi connectivity index (χ2v) is 8.00. The fourth-order valence-corrected chi connectivity index (χ4v) is 4.48. The molecule has 2 saturated heterocycles. The number of fused-ring (bicyclic) bond motifs is 1. The van der Waals surface area contributed by atoms with E-state index in [2.05, 4.69) is 22.3 Å². The molecule has 0 saturated carbocycles. The summed E-state index contributed by atoms with van der Waals surface area (Å²) in [5, 5.41) is 4.36. The number of likely N-dealkylation sites (tertiary alicyclic amines) is 1. The molecule has 0 unspecified atom stereocenters. The molecule has 0 radical (unpaired) electrons. The third kappa shape index (κ3) is 4.75. The molecule has 0 atom stereocenters. The summed E-state index contributed by atoms with van der Waals surface area (Å²) in [6, 6.07) is 6.31. The summed E-state index contributed by atoms with van der Waals surface area (Å²) in [6.45, 7) is 5.89. The van der Waals surface area contributed by atoms with Gasteiger partial charge in [0, 0.05) is 38.3 Å². The van der Waals surface area contributed by atoms with Crippen molar-refractivity contribution < 1.29 is 14.2 Å². The van der Waals surface area contributed by atoms with Crippen molar-refractivity contribution in [1.29, 1.82) is 0 Å². The van der Waals surface area contributed by atoms with Crippen molar-refractivity contribution in [1.82, 2.24) is 9.88 Å². The molecule has 2 aliphatic heterocycles. The van der Waals surface area contributed by atoms with E-state index in [1.54, 1.807) is 7.11 Å². The van der Waals surface area contributed by atoms with Crippen LogP contribution in [0.25, 0.3) is 10.9 Å². The Morgan fingerprint density at radius 2 is 1.93 bits per heavy atom. The molecule has 6 nitrogen and oxygen atoms in total. The second kappa shape index (κ2) is 9.63. The number of hydrogen-bond acceptors (Lipinski definition) is 6. The maximum Gasteiger partial charge on any atom is 0.163 e. The first-order valence-corrected chi connectivity index (χ1v) is 10.9. The van der Waals surface area contributed by atoms with Gasteiger partial charge in [0.15, 0.2) is 11.5 Å². The van der Waals surface area contributed by atoms with Gasteiger partial charge in [-0.1, -0.05) is 0 Å². The van der Waals surface area contributed by atoms with Crippen LogP contribution < -0.4 is 14.8 Å². The molecule has 158 valence electrons. The number of ether oxygens (including phenoxy) is 3. The highest BCUT2D eigenvalue weighted by atomic mass is 16.5. The largest absolute Gasteiger partial charge is 0.493 e. The van der Waals surface area contributed by atoms with Crippen LogP contribution in [0.15, 0.2) is 18.2 Å². The molecule has 0 amide bonds. The Hall–Kier alpha value is -2.05. The van der Waals surface area contributed by atoms with Crippen LogP contribution in [0, 0.1) is 0 Å². The van der Waals surface area contributed by atoms with Gasteiger partial charge in [-0.3, -0.25) is 0 Å². The summed E-state index contributed by atoms with van der Waals surface area (Å²) in [7, 11) is 3.63. The van der Waals surface area contributed by atoms with E-state index in [0.29, 0.717) is 12.5 Å². The van der Waals surface area contributed by atoms with Crippen molar-refractivity contribution in [3.05, 3.63) is 23.8 Å². The summed E-state index contributed by atoms with van der Waals surface area (Å²) in [4.78, 5) is 7.31. The fraction of sp³-hybridized carbons (Fsp3) is 0.609. The van der Waals surface area contributed by atoms with E-state index < -0.39 is 0 Å². The van der Waals surface area contributed by atoms with Crippen LogP contribution in [0.1, 0.15) is 43.6 Å². The third-order valence-electron chi connectivity index (χ3n) is 6.12. The van der Waals surface area contributed by atoms with Crippen LogP contribution in [0.3, 0.4) is 0 Å². The van der Waals surface area contributed by atoms with Gasteiger partial charge in [-0.05, 0) is 68.8 Å². The maximum atomic E-state index is 6.12. The van der Waals surface area contributed by atoms with E-state index in [1.165, 1.54) is 31.5 Å². The maximum absolute atomic E-state index is 6.12. The Labute approximate surface area is 173 Å². The Morgan fingerprint density at radius 1 is 1.14 bits per heavy atom. The lowest BCUT2D eigenvalue weighted by Gasteiger charge is -2.24. The average molecular weight is 400 g/mol. The number of anilines is 1. The molecule has 3 heterocycles. The highest BCUT2D eigenvalue weighted by molar-refractivity contribution is 5.88. The lowest BCUT2D eigenvalue weighted by atomic mass is 9.89. The fourth-order valence-electron chi connectivity index (χ4n) is 4.48. The van der Waals surface area contributed by atoms with Crippen molar-refractivity contribution in [3.63, 3.8) is 0 Å². The number of rotatable bonds is 8. The van der Waals surface area contributed by atoms with Gasteiger partial charge >= 0.3 is 0 Å². The number of pyridine rings is 1. The summed E-state index contributed by atoms with van der Waals surface area (Å²) in [6.07, 6.45) is 5.76. The molecule has 0 spiro atoms. The molecular weight excluding hydrogens is 366 g/mol. The molecule has 1 aromatic carbocycles. The Bertz CT molecular complexity index is 815. The molecule has 0 bridgehead atoms. The van der Waals surface area contributed by atoms with Crippen molar-refractivity contribution in [2.24, 2.45) is 0 Å². The van der Waals surface area contributed by atoms with Gasteiger partial charge in [-0.2, -0.15) is 0 Å². The van der Waals surface area contributed by atoms with E-state index in [9.17, 15) is 0 Å². The molecule has 2 aliphatic rings. The molecule has 6 heteroatoms. The van der Waals surface area contributed by atoms with E-state index in [1.807, 2.05) is 13.1 Å². The summed E-state index contributed by atoms with van der Waals surface area (Å²) >= 11 is 0. The Balaban J connectivity index is 1.56. The minimum atomic E-state index is 0.485. The molecule has 2 fully saturated rings.